The van der Waals surface area contributed by atoms with E-state index in [-0.39, 0.29) is 35.9 Å². The Kier molecular flexibility index (Phi) is 6.76. The summed E-state index contributed by atoms with van der Waals surface area (Å²) >= 11 is 0. The zero-order valence-electron chi connectivity index (χ0n) is 15.9. The largest absolute Gasteiger partial charge is 0.468 e. The van der Waals surface area contributed by atoms with Crippen LogP contribution in [0.1, 0.15) is 49.5 Å². The molecule has 0 bridgehead atoms. The lowest BCUT2D eigenvalue weighted by atomic mass is 9.95. The summed E-state index contributed by atoms with van der Waals surface area (Å²) in [6.45, 7) is 6.95. The number of nitrogens with one attached hydrogen (secondary N) is 1. The highest BCUT2D eigenvalue weighted by molar-refractivity contribution is 5.94. The predicted molar refractivity (Wildman–Crippen MR) is 98.5 cm³/mol. The summed E-state index contributed by atoms with van der Waals surface area (Å²) < 4.78 is 4.93. The maximum absolute atomic E-state index is 12.7. The normalized spacial score (nSPS) is 19.6. The molecule has 1 unspecified atom stereocenters. The highest BCUT2D eigenvalue weighted by Gasteiger charge is 2.38. The molecular weight excluding hydrogens is 330 g/mol. The summed E-state index contributed by atoms with van der Waals surface area (Å²) in [5, 5.41) is 12.1. The SMILES string of the molecule is COC(=O)[C@@H]1CCCN1C(C)[C@@H](NC(=O)c1cccc(C#N)c1)C(C)C. The van der Waals surface area contributed by atoms with Crippen LogP contribution >= 0.6 is 0 Å². The topological polar surface area (TPSA) is 82.4 Å². The van der Waals surface area contributed by atoms with Gasteiger partial charge < -0.3 is 10.1 Å². The Morgan fingerprint density at radius 2 is 2.08 bits per heavy atom. The molecule has 0 saturated carbocycles. The third kappa shape index (κ3) is 4.41. The molecule has 1 fully saturated rings. The van der Waals surface area contributed by atoms with Gasteiger partial charge in [-0.3, -0.25) is 14.5 Å². The van der Waals surface area contributed by atoms with E-state index < -0.39 is 0 Å². The molecule has 0 radical (unpaired) electrons. The molecular formula is C20H27N3O3. The molecule has 1 aromatic carbocycles. The highest BCUT2D eigenvalue weighted by atomic mass is 16.5. The summed E-state index contributed by atoms with van der Waals surface area (Å²) in [6.07, 6.45) is 1.72. The molecule has 1 saturated heterocycles. The number of amides is 1. The van der Waals surface area contributed by atoms with Crippen molar-refractivity contribution >= 4 is 11.9 Å². The lowest BCUT2D eigenvalue weighted by Gasteiger charge is -2.37. The quantitative estimate of drug-likeness (QED) is 0.790. The third-order valence-electron chi connectivity index (χ3n) is 5.08. The van der Waals surface area contributed by atoms with Crippen molar-refractivity contribution < 1.29 is 14.3 Å². The van der Waals surface area contributed by atoms with E-state index in [1.807, 2.05) is 6.92 Å². The molecule has 0 spiro atoms. The third-order valence-corrected chi connectivity index (χ3v) is 5.08. The van der Waals surface area contributed by atoms with E-state index in [1.165, 1.54) is 7.11 Å². The maximum atomic E-state index is 12.7. The Balaban J connectivity index is 2.16. The number of hydrogen-bond donors (Lipinski definition) is 1. The van der Waals surface area contributed by atoms with Crippen LogP contribution in [0.5, 0.6) is 0 Å². The van der Waals surface area contributed by atoms with E-state index in [2.05, 4.69) is 30.1 Å². The Bertz CT molecular complexity index is 696. The molecule has 1 aromatic rings. The number of esters is 1. The van der Waals surface area contributed by atoms with Gasteiger partial charge in [0, 0.05) is 17.6 Å². The van der Waals surface area contributed by atoms with Crippen molar-refractivity contribution in [3.05, 3.63) is 35.4 Å². The zero-order valence-corrected chi connectivity index (χ0v) is 15.9. The van der Waals surface area contributed by atoms with Crippen molar-refractivity contribution in [2.75, 3.05) is 13.7 Å². The summed E-state index contributed by atoms with van der Waals surface area (Å²) in [4.78, 5) is 26.9. The Morgan fingerprint density at radius 1 is 1.35 bits per heavy atom. The number of nitriles is 1. The van der Waals surface area contributed by atoms with E-state index >= 15 is 0 Å². The molecule has 0 aromatic heterocycles. The fraction of sp³-hybridized carbons (Fsp3) is 0.550. The van der Waals surface area contributed by atoms with Crippen molar-refractivity contribution in [1.29, 1.82) is 5.26 Å². The van der Waals surface area contributed by atoms with Gasteiger partial charge in [-0.2, -0.15) is 5.26 Å². The van der Waals surface area contributed by atoms with Crippen molar-refractivity contribution in [2.45, 2.75) is 51.7 Å². The van der Waals surface area contributed by atoms with E-state index in [9.17, 15) is 9.59 Å². The van der Waals surface area contributed by atoms with Gasteiger partial charge in [-0.25, -0.2) is 0 Å². The van der Waals surface area contributed by atoms with Crippen LogP contribution in [0, 0.1) is 17.2 Å². The summed E-state index contributed by atoms with van der Waals surface area (Å²) in [6, 6.07) is 8.32. The first kappa shape index (κ1) is 19.9. The summed E-state index contributed by atoms with van der Waals surface area (Å²) in [5.41, 5.74) is 0.921. The molecule has 1 N–H and O–H groups in total. The van der Waals surface area contributed by atoms with E-state index in [0.717, 1.165) is 19.4 Å². The molecule has 3 atom stereocenters. The molecule has 6 heteroatoms. The van der Waals surface area contributed by atoms with Gasteiger partial charge in [0.25, 0.3) is 5.91 Å². The zero-order chi connectivity index (χ0) is 19.3. The minimum absolute atomic E-state index is 0.00954. The molecule has 140 valence electrons. The number of methoxy groups -OCH3 is 1. The Hall–Kier alpha value is -2.39. The second-order valence-electron chi connectivity index (χ2n) is 7.10. The first-order valence-electron chi connectivity index (χ1n) is 9.03. The van der Waals surface area contributed by atoms with E-state index in [0.29, 0.717) is 11.1 Å². The predicted octanol–water partition coefficient (Wildman–Crippen LogP) is 2.34. The molecule has 26 heavy (non-hydrogen) atoms. The molecule has 1 aliphatic rings. The lowest BCUT2D eigenvalue weighted by molar-refractivity contribution is -0.146. The molecule has 1 aliphatic heterocycles. The van der Waals surface area contributed by atoms with Crippen LogP contribution in [0.4, 0.5) is 0 Å². The number of likely N-dealkylation sites (tertiary alicyclic amines) is 1. The number of nitrogens with zero attached hydrogens (tertiary/aromatic N) is 2. The number of ether oxygens (including phenoxy) is 1. The number of benzene rings is 1. The van der Waals surface area contributed by atoms with Gasteiger partial charge in [0.05, 0.1) is 18.7 Å². The van der Waals surface area contributed by atoms with Crippen LogP contribution in [0.3, 0.4) is 0 Å². The first-order chi connectivity index (χ1) is 12.4. The highest BCUT2D eigenvalue weighted by Crippen LogP contribution is 2.25. The van der Waals surface area contributed by atoms with Crippen LogP contribution < -0.4 is 5.32 Å². The van der Waals surface area contributed by atoms with Crippen molar-refractivity contribution in [2.24, 2.45) is 5.92 Å². The second kappa shape index (κ2) is 8.81. The van der Waals surface area contributed by atoms with Gasteiger partial charge >= 0.3 is 5.97 Å². The number of rotatable bonds is 6. The van der Waals surface area contributed by atoms with Gasteiger partial charge in [-0.05, 0) is 50.4 Å². The van der Waals surface area contributed by atoms with Gasteiger partial charge in [0.15, 0.2) is 0 Å². The lowest BCUT2D eigenvalue weighted by Crippen LogP contribution is -2.55. The van der Waals surface area contributed by atoms with Crippen LogP contribution in [-0.4, -0.2) is 48.6 Å². The minimum atomic E-state index is -0.255. The van der Waals surface area contributed by atoms with Crippen molar-refractivity contribution in [3.8, 4) is 6.07 Å². The monoisotopic (exact) mass is 357 g/mol. The van der Waals surface area contributed by atoms with E-state index in [1.54, 1.807) is 24.3 Å². The Morgan fingerprint density at radius 3 is 2.69 bits per heavy atom. The molecule has 1 amide bonds. The van der Waals surface area contributed by atoms with Crippen molar-refractivity contribution in [3.63, 3.8) is 0 Å². The average Bonchev–Trinajstić information content (AvgIpc) is 3.14. The molecule has 0 aliphatic carbocycles. The van der Waals surface area contributed by atoms with Crippen molar-refractivity contribution in [1.82, 2.24) is 10.2 Å². The Labute approximate surface area is 155 Å². The van der Waals surface area contributed by atoms with Crippen LogP contribution in [0.25, 0.3) is 0 Å². The van der Waals surface area contributed by atoms with Crippen LogP contribution in [0.15, 0.2) is 24.3 Å². The van der Waals surface area contributed by atoms with Gasteiger partial charge in [-0.1, -0.05) is 19.9 Å². The molecule has 1 heterocycles. The fourth-order valence-electron chi connectivity index (χ4n) is 3.68. The first-order valence-corrected chi connectivity index (χ1v) is 9.03. The van der Waals surface area contributed by atoms with Gasteiger partial charge in [0.1, 0.15) is 6.04 Å². The fourth-order valence-corrected chi connectivity index (χ4v) is 3.68. The number of carbonyl (C=O) groups excluding carboxylic acids is 2. The van der Waals surface area contributed by atoms with E-state index in [4.69, 9.17) is 10.00 Å². The molecule has 6 nitrogen and oxygen atoms in total. The summed E-state index contributed by atoms with van der Waals surface area (Å²) in [5.74, 6) is -0.238. The van der Waals surface area contributed by atoms with Gasteiger partial charge in [-0.15, -0.1) is 0 Å². The van der Waals surface area contributed by atoms with Crippen LogP contribution in [-0.2, 0) is 9.53 Å². The maximum Gasteiger partial charge on any atom is 0.323 e. The minimum Gasteiger partial charge on any atom is -0.468 e. The molecule has 2 rings (SSSR count). The standard InChI is InChI=1S/C20H27N3O3/c1-13(2)18(14(3)23-10-6-9-17(23)20(25)26-4)22-19(24)16-8-5-7-15(11-16)12-21/h5,7-8,11,13-14,17-18H,6,9-10H2,1-4H3,(H,22,24)/t14?,17-,18-/m0/s1. The summed E-state index contributed by atoms with van der Waals surface area (Å²) in [7, 11) is 1.41. The van der Waals surface area contributed by atoms with Gasteiger partial charge in [0.2, 0.25) is 0 Å². The second-order valence-corrected chi connectivity index (χ2v) is 7.10. The number of carbonyl (C=O) groups is 2. The number of hydrogen-bond acceptors (Lipinski definition) is 5. The average molecular weight is 357 g/mol. The smallest absolute Gasteiger partial charge is 0.323 e. The van der Waals surface area contributed by atoms with Crippen LogP contribution in [0.2, 0.25) is 0 Å².